The maximum Gasteiger partial charge on any atom is 0.255 e. The zero-order valence-electron chi connectivity index (χ0n) is 10.7. The Bertz CT molecular complexity index is 680. The monoisotopic (exact) mass is 539 g/mol. The van der Waals surface area contributed by atoms with Crippen molar-refractivity contribution in [2.45, 2.75) is 0 Å². The number of carbonyl (C=O) groups is 1. The molecule has 21 heavy (non-hydrogen) atoms. The van der Waals surface area contributed by atoms with Crippen LogP contribution in [0.2, 0.25) is 0 Å². The Balaban J connectivity index is 2.28. The summed E-state index contributed by atoms with van der Waals surface area (Å²) in [6.45, 7) is 0. The molecule has 0 spiro atoms. The summed E-state index contributed by atoms with van der Waals surface area (Å²) in [6, 6.07) is 8.90. The van der Waals surface area contributed by atoms with Gasteiger partial charge in [0.1, 0.15) is 5.75 Å². The molecule has 0 heterocycles. The molecule has 1 amide bonds. The molecule has 3 nitrogen and oxygen atoms in total. The van der Waals surface area contributed by atoms with E-state index < -0.39 is 0 Å². The third-order valence-electron chi connectivity index (χ3n) is 2.66. The predicted molar refractivity (Wildman–Crippen MR) is 98.2 cm³/mol. The predicted octanol–water partition coefficient (Wildman–Crippen LogP) is 6.00. The lowest BCUT2D eigenvalue weighted by molar-refractivity contribution is 0.102. The lowest BCUT2D eigenvalue weighted by Gasteiger charge is -2.11. The average molecular weight is 543 g/mol. The molecular weight excluding hydrogens is 534 g/mol. The van der Waals surface area contributed by atoms with Crippen LogP contribution in [-0.2, 0) is 0 Å². The van der Waals surface area contributed by atoms with Gasteiger partial charge in [-0.1, -0.05) is 15.9 Å². The number of benzene rings is 2. The van der Waals surface area contributed by atoms with Crippen LogP contribution in [0.5, 0.6) is 5.75 Å². The van der Waals surface area contributed by atoms with Crippen molar-refractivity contribution in [3.05, 3.63) is 53.8 Å². The van der Waals surface area contributed by atoms with Crippen LogP contribution in [0.3, 0.4) is 0 Å². The van der Waals surface area contributed by atoms with Crippen molar-refractivity contribution in [3.63, 3.8) is 0 Å². The highest BCUT2D eigenvalue weighted by molar-refractivity contribution is 9.11. The lowest BCUT2D eigenvalue weighted by atomic mass is 10.2. The Morgan fingerprint density at radius 3 is 2.14 bits per heavy atom. The van der Waals surface area contributed by atoms with E-state index >= 15 is 0 Å². The minimum Gasteiger partial charge on any atom is -0.496 e. The van der Waals surface area contributed by atoms with E-state index in [-0.39, 0.29) is 5.91 Å². The minimum absolute atomic E-state index is 0.206. The van der Waals surface area contributed by atoms with Crippen molar-refractivity contribution >= 4 is 75.3 Å². The zero-order valence-corrected chi connectivity index (χ0v) is 17.1. The maximum absolute atomic E-state index is 12.3. The number of rotatable bonds is 3. The summed E-state index contributed by atoms with van der Waals surface area (Å²) in [7, 11) is 1.58. The third-order valence-corrected chi connectivity index (χ3v) is 4.99. The molecule has 7 heteroatoms. The molecule has 0 aliphatic carbocycles. The summed E-state index contributed by atoms with van der Waals surface area (Å²) >= 11 is 13.6. The van der Waals surface area contributed by atoms with Gasteiger partial charge in [0.2, 0.25) is 0 Å². The Morgan fingerprint density at radius 2 is 1.62 bits per heavy atom. The molecule has 1 N–H and O–H groups in total. The fourth-order valence-electron chi connectivity index (χ4n) is 1.65. The summed E-state index contributed by atoms with van der Waals surface area (Å²) in [5.41, 5.74) is 1.21. The SMILES string of the molecule is COc1ccc(C(=O)Nc2c(Br)cc(Br)cc2Br)cc1Br. The first-order valence-electron chi connectivity index (χ1n) is 5.72. The highest BCUT2D eigenvalue weighted by atomic mass is 79.9. The molecule has 0 aliphatic heterocycles. The van der Waals surface area contributed by atoms with Gasteiger partial charge < -0.3 is 10.1 Å². The molecule has 0 bridgehead atoms. The molecule has 0 aliphatic rings. The van der Waals surface area contributed by atoms with Crippen LogP contribution in [0.4, 0.5) is 5.69 Å². The van der Waals surface area contributed by atoms with Gasteiger partial charge in [-0.05, 0) is 78.1 Å². The average Bonchev–Trinajstić information content (AvgIpc) is 2.42. The van der Waals surface area contributed by atoms with E-state index in [9.17, 15) is 4.79 Å². The fraction of sp³-hybridized carbons (Fsp3) is 0.0714. The molecule has 0 fully saturated rings. The molecule has 0 unspecified atom stereocenters. The van der Waals surface area contributed by atoms with Crippen molar-refractivity contribution in [2.75, 3.05) is 12.4 Å². The van der Waals surface area contributed by atoms with Gasteiger partial charge in [0.15, 0.2) is 0 Å². The van der Waals surface area contributed by atoms with Gasteiger partial charge >= 0.3 is 0 Å². The number of carbonyl (C=O) groups excluding carboxylic acids is 1. The molecule has 2 aromatic rings. The number of halogens is 4. The van der Waals surface area contributed by atoms with Crippen LogP contribution in [0.15, 0.2) is 48.2 Å². The van der Waals surface area contributed by atoms with E-state index in [1.165, 1.54) is 0 Å². The van der Waals surface area contributed by atoms with Crippen LogP contribution in [0, 0.1) is 0 Å². The second kappa shape index (κ2) is 7.26. The summed E-state index contributed by atoms with van der Waals surface area (Å²) in [5, 5.41) is 2.87. The second-order valence-corrected chi connectivity index (χ2v) is 7.53. The van der Waals surface area contributed by atoms with E-state index in [0.29, 0.717) is 17.0 Å². The van der Waals surface area contributed by atoms with Crippen molar-refractivity contribution in [1.82, 2.24) is 0 Å². The van der Waals surface area contributed by atoms with Crippen LogP contribution < -0.4 is 10.1 Å². The number of ether oxygens (including phenoxy) is 1. The first kappa shape index (κ1) is 17.0. The first-order chi connectivity index (χ1) is 9.92. The molecule has 2 aromatic carbocycles. The van der Waals surface area contributed by atoms with E-state index in [2.05, 4.69) is 69.0 Å². The Labute approximate surface area is 156 Å². The van der Waals surface area contributed by atoms with Gasteiger partial charge in [0.25, 0.3) is 5.91 Å². The van der Waals surface area contributed by atoms with E-state index in [1.807, 2.05) is 12.1 Å². The number of methoxy groups -OCH3 is 1. The summed E-state index contributed by atoms with van der Waals surface area (Å²) in [6.07, 6.45) is 0. The molecular formula is C14H9Br4NO2. The first-order valence-corrected chi connectivity index (χ1v) is 8.89. The quantitative estimate of drug-likeness (QED) is 0.517. The summed E-state index contributed by atoms with van der Waals surface area (Å²) < 4.78 is 8.35. The van der Waals surface area contributed by atoms with Crippen molar-refractivity contribution < 1.29 is 9.53 Å². The Hall–Kier alpha value is -0.370. The van der Waals surface area contributed by atoms with Crippen LogP contribution >= 0.6 is 63.7 Å². The largest absolute Gasteiger partial charge is 0.496 e. The summed E-state index contributed by atoms with van der Waals surface area (Å²) in [4.78, 5) is 12.3. The van der Waals surface area contributed by atoms with E-state index in [1.54, 1.807) is 25.3 Å². The zero-order chi connectivity index (χ0) is 15.6. The second-order valence-electron chi connectivity index (χ2n) is 4.05. The number of nitrogens with one attached hydrogen (secondary N) is 1. The van der Waals surface area contributed by atoms with Gasteiger partial charge in [-0.25, -0.2) is 0 Å². The topological polar surface area (TPSA) is 38.3 Å². The molecule has 2 rings (SSSR count). The van der Waals surface area contributed by atoms with Crippen LogP contribution in [0.1, 0.15) is 10.4 Å². The van der Waals surface area contributed by atoms with Crippen molar-refractivity contribution in [2.24, 2.45) is 0 Å². The van der Waals surface area contributed by atoms with Gasteiger partial charge in [-0.3, -0.25) is 4.79 Å². The highest BCUT2D eigenvalue weighted by Gasteiger charge is 2.13. The molecule has 0 atom stereocenters. The van der Waals surface area contributed by atoms with Gasteiger partial charge in [-0.15, -0.1) is 0 Å². The Kier molecular flexibility index (Phi) is 5.88. The van der Waals surface area contributed by atoms with Gasteiger partial charge in [-0.2, -0.15) is 0 Å². The number of amides is 1. The smallest absolute Gasteiger partial charge is 0.255 e. The molecule has 110 valence electrons. The van der Waals surface area contributed by atoms with E-state index in [4.69, 9.17) is 4.74 Å². The van der Waals surface area contributed by atoms with Gasteiger partial charge in [0, 0.05) is 19.0 Å². The summed E-state index contributed by atoms with van der Waals surface area (Å²) in [5.74, 6) is 0.472. The van der Waals surface area contributed by atoms with Crippen LogP contribution in [0.25, 0.3) is 0 Å². The fourth-order valence-corrected chi connectivity index (χ4v) is 4.65. The van der Waals surface area contributed by atoms with Crippen molar-refractivity contribution in [3.8, 4) is 5.75 Å². The van der Waals surface area contributed by atoms with Crippen molar-refractivity contribution in [1.29, 1.82) is 0 Å². The number of anilines is 1. The van der Waals surface area contributed by atoms with Crippen LogP contribution in [-0.4, -0.2) is 13.0 Å². The Morgan fingerprint density at radius 1 is 1.00 bits per heavy atom. The lowest BCUT2D eigenvalue weighted by Crippen LogP contribution is -2.12. The minimum atomic E-state index is -0.206. The highest BCUT2D eigenvalue weighted by Crippen LogP contribution is 2.35. The maximum atomic E-state index is 12.3. The molecule has 0 saturated heterocycles. The normalized spacial score (nSPS) is 10.3. The standard InChI is InChI=1S/C14H9Br4NO2/c1-21-12-3-2-7(4-9(12)16)14(20)19-13-10(17)5-8(15)6-11(13)18/h2-6H,1H3,(H,19,20). The third kappa shape index (κ3) is 4.09. The number of hydrogen-bond acceptors (Lipinski definition) is 2. The molecule has 0 aromatic heterocycles. The number of hydrogen-bond donors (Lipinski definition) is 1. The molecule has 0 saturated carbocycles. The van der Waals surface area contributed by atoms with Gasteiger partial charge in [0.05, 0.1) is 17.3 Å². The molecule has 0 radical (unpaired) electrons. The van der Waals surface area contributed by atoms with E-state index in [0.717, 1.165) is 17.9 Å².